The molecule has 0 unspecified atom stereocenters. The highest BCUT2D eigenvalue weighted by molar-refractivity contribution is 7.85. The van der Waals surface area contributed by atoms with Gasteiger partial charge >= 0.3 is 0 Å². The predicted molar refractivity (Wildman–Crippen MR) is 55.8 cm³/mol. The molecule has 0 radical (unpaired) electrons. The third-order valence-electron chi connectivity index (χ3n) is 2.17. The molecule has 0 amide bonds. The highest BCUT2D eigenvalue weighted by Crippen LogP contribution is 2.24. The van der Waals surface area contributed by atoms with Crippen LogP contribution in [0.15, 0.2) is 24.3 Å². The number of benzene rings is 1. The quantitative estimate of drug-likeness (QED) is 0.811. The average Bonchev–Trinajstić information content (AvgIpc) is 2.00. The van der Waals surface area contributed by atoms with Crippen LogP contribution >= 0.6 is 0 Å². The Morgan fingerprint density at radius 2 is 1.73 bits per heavy atom. The van der Waals surface area contributed by atoms with E-state index in [0.717, 1.165) is 0 Å². The van der Waals surface area contributed by atoms with Crippen molar-refractivity contribution < 1.29 is 17.4 Å². The molecule has 0 saturated heterocycles. The van der Waals surface area contributed by atoms with Crippen LogP contribution in [-0.4, -0.2) is 18.7 Å². The molecule has 1 rings (SSSR count). The molecule has 84 valence electrons. The van der Waals surface area contributed by atoms with Crippen LogP contribution in [0.3, 0.4) is 0 Å². The van der Waals surface area contributed by atoms with E-state index in [1.807, 2.05) is 0 Å². The maximum atomic E-state index is 12.6. The zero-order chi connectivity index (χ0) is 11.7. The van der Waals surface area contributed by atoms with Crippen LogP contribution in [0.2, 0.25) is 0 Å². The summed E-state index contributed by atoms with van der Waals surface area (Å²) in [6.07, 6.45) is 0. The van der Waals surface area contributed by atoms with Crippen LogP contribution in [0.1, 0.15) is 19.4 Å². The molecule has 0 aliphatic heterocycles. The maximum Gasteiger partial charge on any atom is 0.265 e. The molecule has 0 aliphatic rings. The van der Waals surface area contributed by atoms with Gasteiger partial charge < -0.3 is 0 Å². The van der Waals surface area contributed by atoms with Crippen molar-refractivity contribution in [1.29, 1.82) is 0 Å². The lowest BCUT2D eigenvalue weighted by atomic mass is 9.87. The Labute approximate surface area is 88.7 Å². The van der Waals surface area contributed by atoms with E-state index in [9.17, 15) is 12.8 Å². The second-order valence-electron chi connectivity index (χ2n) is 4.12. The molecule has 5 heteroatoms. The van der Waals surface area contributed by atoms with Crippen LogP contribution in [-0.2, 0) is 15.5 Å². The molecule has 0 saturated carbocycles. The van der Waals surface area contributed by atoms with Crippen LogP contribution in [0.5, 0.6) is 0 Å². The second kappa shape index (κ2) is 3.90. The topological polar surface area (TPSA) is 54.4 Å². The minimum atomic E-state index is -4.03. The zero-order valence-electron chi connectivity index (χ0n) is 8.57. The Morgan fingerprint density at radius 1 is 1.27 bits per heavy atom. The summed E-state index contributed by atoms with van der Waals surface area (Å²) in [4.78, 5) is 0. The summed E-state index contributed by atoms with van der Waals surface area (Å²) < 4.78 is 42.9. The summed E-state index contributed by atoms with van der Waals surface area (Å²) >= 11 is 0. The van der Waals surface area contributed by atoms with Gasteiger partial charge in [-0.3, -0.25) is 4.55 Å². The summed E-state index contributed by atoms with van der Waals surface area (Å²) in [6.45, 7) is 3.35. The Bertz CT molecular complexity index is 434. The van der Waals surface area contributed by atoms with E-state index in [4.69, 9.17) is 4.55 Å². The Morgan fingerprint density at radius 3 is 2.13 bits per heavy atom. The molecule has 0 aliphatic carbocycles. The standard InChI is InChI=1S/C10H13FO3S/c1-10(2,7-15(12,13)14)8-3-5-9(11)6-4-8/h3-6H,7H2,1-2H3,(H,12,13,14). The van der Waals surface area contributed by atoms with Gasteiger partial charge in [0.25, 0.3) is 10.1 Å². The molecule has 0 spiro atoms. The van der Waals surface area contributed by atoms with E-state index in [1.165, 1.54) is 24.3 Å². The Kier molecular flexibility index (Phi) is 3.16. The molecule has 0 bridgehead atoms. The maximum absolute atomic E-state index is 12.6. The molecular formula is C10H13FO3S. The van der Waals surface area contributed by atoms with Gasteiger partial charge in [0, 0.05) is 5.41 Å². The van der Waals surface area contributed by atoms with Crippen molar-refractivity contribution in [2.45, 2.75) is 19.3 Å². The van der Waals surface area contributed by atoms with Crippen molar-refractivity contribution in [3.63, 3.8) is 0 Å². The van der Waals surface area contributed by atoms with E-state index in [1.54, 1.807) is 13.8 Å². The molecule has 0 fully saturated rings. The number of halogens is 1. The molecular weight excluding hydrogens is 219 g/mol. The van der Waals surface area contributed by atoms with Crippen LogP contribution in [0.25, 0.3) is 0 Å². The average molecular weight is 232 g/mol. The van der Waals surface area contributed by atoms with Crippen molar-refractivity contribution in [1.82, 2.24) is 0 Å². The van der Waals surface area contributed by atoms with E-state index in [-0.39, 0.29) is 11.6 Å². The number of hydrogen-bond acceptors (Lipinski definition) is 2. The van der Waals surface area contributed by atoms with Gasteiger partial charge in [-0.2, -0.15) is 8.42 Å². The fourth-order valence-corrected chi connectivity index (χ4v) is 2.52. The van der Waals surface area contributed by atoms with Crippen molar-refractivity contribution in [2.24, 2.45) is 0 Å². The first-order valence-electron chi connectivity index (χ1n) is 4.42. The second-order valence-corrected chi connectivity index (χ2v) is 5.57. The molecule has 1 N–H and O–H groups in total. The van der Waals surface area contributed by atoms with Crippen molar-refractivity contribution in [2.75, 3.05) is 5.75 Å². The summed E-state index contributed by atoms with van der Waals surface area (Å²) in [7, 11) is -4.03. The van der Waals surface area contributed by atoms with E-state index in [2.05, 4.69) is 0 Å². The van der Waals surface area contributed by atoms with Gasteiger partial charge in [-0.1, -0.05) is 26.0 Å². The Balaban J connectivity index is 3.00. The largest absolute Gasteiger partial charge is 0.286 e. The van der Waals surface area contributed by atoms with E-state index < -0.39 is 15.5 Å². The first-order valence-corrected chi connectivity index (χ1v) is 6.03. The third kappa shape index (κ3) is 3.60. The smallest absolute Gasteiger partial charge is 0.265 e. The normalized spacial score (nSPS) is 12.8. The molecule has 0 atom stereocenters. The highest BCUT2D eigenvalue weighted by Gasteiger charge is 2.26. The van der Waals surface area contributed by atoms with Crippen LogP contribution in [0, 0.1) is 5.82 Å². The van der Waals surface area contributed by atoms with Gasteiger partial charge in [0.1, 0.15) is 5.82 Å². The minimum absolute atomic E-state index is 0.374. The molecule has 0 aromatic heterocycles. The fourth-order valence-electron chi connectivity index (χ4n) is 1.44. The monoisotopic (exact) mass is 232 g/mol. The zero-order valence-corrected chi connectivity index (χ0v) is 9.38. The SMILES string of the molecule is CC(C)(CS(=O)(=O)O)c1ccc(F)cc1. The fraction of sp³-hybridized carbons (Fsp3) is 0.400. The molecule has 15 heavy (non-hydrogen) atoms. The van der Waals surface area contributed by atoms with Crippen LogP contribution in [0.4, 0.5) is 4.39 Å². The lowest BCUT2D eigenvalue weighted by molar-refractivity contribution is 0.460. The van der Waals surface area contributed by atoms with Gasteiger partial charge in [-0.25, -0.2) is 4.39 Å². The van der Waals surface area contributed by atoms with Crippen LogP contribution < -0.4 is 0 Å². The van der Waals surface area contributed by atoms with Gasteiger partial charge in [-0.15, -0.1) is 0 Å². The number of hydrogen-bond donors (Lipinski definition) is 1. The summed E-state index contributed by atoms with van der Waals surface area (Å²) in [5.74, 6) is -0.757. The first kappa shape index (κ1) is 12.1. The van der Waals surface area contributed by atoms with Gasteiger partial charge in [0.05, 0.1) is 5.75 Å². The van der Waals surface area contributed by atoms with E-state index >= 15 is 0 Å². The first-order chi connectivity index (χ1) is 6.71. The minimum Gasteiger partial charge on any atom is -0.286 e. The van der Waals surface area contributed by atoms with Crippen molar-refractivity contribution in [3.8, 4) is 0 Å². The van der Waals surface area contributed by atoms with Gasteiger partial charge in [-0.05, 0) is 17.7 Å². The number of rotatable bonds is 3. The predicted octanol–water partition coefficient (Wildman–Crippen LogP) is 1.99. The summed E-state index contributed by atoms with van der Waals surface area (Å²) in [5.41, 5.74) is -0.0668. The van der Waals surface area contributed by atoms with Crippen molar-refractivity contribution >= 4 is 10.1 Å². The summed E-state index contributed by atoms with van der Waals surface area (Å²) in [5, 5.41) is 0. The lowest BCUT2D eigenvalue weighted by Crippen LogP contribution is -2.27. The lowest BCUT2D eigenvalue weighted by Gasteiger charge is -2.23. The highest BCUT2D eigenvalue weighted by atomic mass is 32.2. The summed E-state index contributed by atoms with van der Waals surface area (Å²) in [6, 6.07) is 5.56. The van der Waals surface area contributed by atoms with Gasteiger partial charge in [0.15, 0.2) is 0 Å². The molecule has 1 aromatic rings. The molecule has 3 nitrogen and oxygen atoms in total. The molecule has 1 aromatic carbocycles. The Hall–Kier alpha value is -0.940. The van der Waals surface area contributed by atoms with Gasteiger partial charge in [0.2, 0.25) is 0 Å². The van der Waals surface area contributed by atoms with E-state index in [0.29, 0.717) is 5.56 Å². The van der Waals surface area contributed by atoms with Crippen molar-refractivity contribution in [3.05, 3.63) is 35.6 Å². The third-order valence-corrected chi connectivity index (χ3v) is 3.26. The molecule has 0 heterocycles.